The molecule has 1 amide bonds. The van der Waals surface area contributed by atoms with E-state index in [1.54, 1.807) is 0 Å². The van der Waals surface area contributed by atoms with E-state index in [9.17, 15) is 15.0 Å². The number of hydrogen-bond acceptors (Lipinski definition) is 4. The first kappa shape index (κ1) is 14.7. The van der Waals surface area contributed by atoms with Crippen LogP contribution in [0.3, 0.4) is 0 Å². The summed E-state index contributed by atoms with van der Waals surface area (Å²) in [4.78, 5) is 12.0. The summed E-state index contributed by atoms with van der Waals surface area (Å²) >= 11 is 0. The van der Waals surface area contributed by atoms with Gasteiger partial charge >= 0.3 is 0 Å². The number of phenols is 2. The van der Waals surface area contributed by atoms with Crippen molar-refractivity contribution in [2.75, 3.05) is 13.1 Å². The Morgan fingerprint density at radius 1 is 1.25 bits per heavy atom. The van der Waals surface area contributed by atoms with Gasteiger partial charge in [-0.1, -0.05) is 12.8 Å². The fourth-order valence-electron chi connectivity index (χ4n) is 2.89. The maximum Gasteiger partial charge on any atom is 0.255 e. The number of hydrogen-bond donors (Lipinski definition) is 4. The number of nitrogens with one attached hydrogen (secondary N) is 1. The molecule has 2 rings (SSSR count). The van der Waals surface area contributed by atoms with Crippen molar-refractivity contribution in [1.82, 2.24) is 5.32 Å². The first-order valence-corrected chi connectivity index (χ1v) is 7.12. The molecule has 0 radical (unpaired) electrons. The highest BCUT2D eigenvalue weighted by Crippen LogP contribution is 2.29. The third-order valence-electron chi connectivity index (χ3n) is 4.12. The largest absolute Gasteiger partial charge is 0.508 e. The molecule has 5 nitrogen and oxygen atoms in total. The van der Waals surface area contributed by atoms with Crippen LogP contribution < -0.4 is 11.1 Å². The van der Waals surface area contributed by atoms with E-state index in [0.29, 0.717) is 24.9 Å². The Kier molecular flexibility index (Phi) is 4.84. The van der Waals surface area contributed by atoms with Crippen LogP contribution in [0.25, 0.3) is 0 Å². The van der Waals surface area contributed by atoms with Gasteiger partial charge in [-0.2, -0.15) is 0 Å². The van der Waals surface area contributed by atoms with Crippen LogP contribution in [0.4, 0.5) is 0 Å². The molecular weight excluding hydrogens is 256 g/mol. The Hall–Kier alpha value is -1.75. The normalized spacial score (nSPS) is 22.4. The Balaban J connectivity index is 1.94. The van der Waals surface area contributed by atoms with Crippen molar-refractivity contribution in [1.29, 1.82) is 0 Å². The lowest BCUT2D eigenvalue weighted by atomic mass is 9.79. The zero-order chi connectivity index (χ0) is 14.5. The minimum absolute atomic E-state index is 0.0606. The van der Waals surface area contributed by atoms with Crippen molar-refractivity contribution in [3.63, 3.8) is 0 Å². The van der Waals surface area contributed by atoms with Crippen LogP contribution in [0.1, 0.15) is 36.0 Å². The van der Waals surface area contributed by atoms with E-state index in [0.717, 1.165) is 18.9 Å². The fourth-order valence-corrected chi connectivity index (χ4v) is 2.89. The topological polar surface area (TPSA) is 95.6 Å². The van der Waals surface area contributed by atoms with Crippen LogP contribution in [0.5, 0.6) is 11.5 Å². The number of phenolic OH excluding ortho intramolecular Hbond substituents is 2. The smallest absolute Gasteiger partial charge is 0.255 e. The lowest BCUT2D eigenvalue weighted by Crippen LogP contribution is -2.36. The minimum atomic E-state index is -0.316. The Morgan fingerprint density at radius 3 is 2.60 bits per heavy atom. The van der Waals surface area contributed by atoms with E-state index < -0.39 is 0 Å². The monoisotopic (exact) mass is 278 g/mol. The average Bonchev–Trinajstić information content (AvgIpc) is 2.45. The molecule has 0 bridgehead atoms. The van der Waals surface area contributed by atoms with E-state index in [1.807, 2.05) is 0 Å². The molecule has 1 aromatic rings. The predicted octanol–water partition coefficient (Wildman–Crippen LogP) is 1.59. The van der Waals surface area contributed by atoms with E-state index in [2.05, 4.69) is 5.32 Å². The molecular formula is C15H22N2O3. The van der Waals surface area contributed by atoms with E-state index in [-0.39, 0.29) is 23.0 Å². The number of nitrogens with two attached hydrogens (primary N) is 1. The third kappa shape index (κ3) is 3.42. The summed E-state index contributed by atoms with van der Waals surface area (Å²) in [6.45, 7) is 1.24. The molecule has 0 heterocycles. The highest BCUT2D eigenvalue weighted by molar-refractivity contribution is 5.96. The standard InChI is InChI=1S/C15H22N2O3/c16-8-10-3-1-2-4-11(10)9-17-15(20)13-6-5-12(18)7-14(13)19/h5-7,10-11,18-19H,1-4,8-9,16H2,(H,17,20). The summed E-state index contributed by atoms with van der Waals surface area (Å²) in [6.07, 6.45) is 4.61. The van der Waals surface area contributed by atoms with Gasteiger partial charge in [0.05, 0.1) is 5.56 Å². The lowest BCUT2D eigenvalue weighted by molar-refractivity contribution is 0.0932. The van der Waals surface area contributed by atoms with Crippen LogP contribution in [0.15, 0.2) is 18.2 Å². The maximum absolute atomic E-state index is 12.0. The zero-order valence-corrected chi connectivity index (χ0v) is 11.5. The molecule has 20 heavy (non-hydrogen) atoms. The molecule has 110 valence electrons. The first-order chi connectivity index (χ1) is 9.61. The summed E-state index contributed by atoms with van der Waals surface area (Å²) in [6, 6.07) is 3.97. The Morgan fingerprint density at radius 2 is 1.95 bits per heavy atom. The molecule has 2 atom stereocenters. The highest BCUT2D eigenvalue weighted by Gasteiger charge is 2.24. The number of amides is 1. The molecule has 0 aliphatic heterocycles. The van der Waals surface area contributed by atoms with Gasteiger partial charge in [-0.25, -0.2) is 0 Å². The van der Waals surface area contributed by atoms with Crippen molar-refractivity contribution in [3.8, 4) is 11.5 Å². The molecule has 5 heteroatoms. The quantitative estimate of drug-likeness (QED) is 0.672. The van der Waals surface area contributed by atoms with Gasteiger partial charge in [-0.15, -0.1) is 0 Å². The van der Waals surface area contributed by atoms with Gasteiger partial charge < -0.3 is 21.3 Å². The van der Waals surface area contributed by atoms with Crippen molar-refractivity contribution in [2.24, 2.45) is 17.6 Å². The molecule has 0 spiro atoms. The first-order valence-electron chi connectivity index (χ1n) is 7.12. The van der Waals surface area contributed by atoms with Gasteiger partial charge in [0.25, 0.3) is 5.91 Å². The SMILES string of the molecule is NCC1CCCCC1CNC(=O)c1ccc(O)cc1O. The fraction of sp³-hybridized carbons (Fsp3) is 0.533. The van der Waals surface area contributed by atoms with Gasteiger partial charge in [0.1, 0.15) is 11.5 Å². The van der Waals surface area contributed by atoms with E-state index in [1.165, 1.54) is 25.0 Å². The van der Waals surface area contributed by atoms with Crippen molar-refractivity contribution < 1.29 is 15.0 Å². The van der Waals surface area contributed by atoms with E-state index >= 15 is 0 Å². The molecule has 5 N–H and O–H groups in total. The summed E-state index contributed by atoms with van der Waals surface area (Å²) in [5.74, 6) is 0.300. The molecule has 1 saturated carbocycles. The van der Waals surface area contributed by atoms with E-state index in [4.69, 9.17) is 5.73 Å². The molecule has 0 saturated heterocycles. The number of aromatic hydroxyl groups is 2. The van der Waals surface area contributed by atoms with Gasteiger partial charge in [-0.3, -0.25) is 4.79 Å². The lowest BCUT2D eigenvalue weighted by Gasteiger charge is -2.30. The van der Waals surface area contributed by atoms with Crippen LogP contribution in [-0.2, 0) is 0 Å². The molecule has 1 aliphatic rings. The summed E-state index contributed by atoms with van der Waals surface area (Å²) in [5, 5.41) is 21.7. The van der Waals surface area contributed by atoms with Gasteiger partial charge in [0.2, 0.25) is 0 Å². The predicted molar refractivity (Wildman–Crippen MR) is 76.6 cm³/mol. The van der Waals surface area contributed by atoms with Gasteiger partial charge in [0.15, 0.2) is 0 Å². The number of carbonyl (C=O) groups is 1. The average molecular weight is 278 g/mol. The molecule has 1 aromatic carbocycles. The van der Waals surface area contributed by atoms with Crippen LogP contribution in [0, 0.1) is 11.8 Å². The molecule has 1 fully saturated rings. The molecule has 1 aliphatic carbocycles. The second-order valence-corrected chi connectivity index (χ2v) is 5.45. The van der Waals surface area contributed by atoms with Crippen LogP contribution >= 0.6 is 0 Å². The number of carbonyl (C=O) groups excluding carboxylic acids is 1. The van der Waals surface area contributed by atoms with Gasteiger partial charge in [-0.05, 0) is 43.4 Å². The van der Waals surface area contributed by atoms with Crippen LogP contribution in [-0.4, -0.2) is 29.2 Å². The summed E-state index contributed by atoms with van der Waals surface area (Å²) < 4.78 is 0. The number of benzene rings is 1. The number of rotatable bonds is 4. The van der Waals surface area contributed by atoms with Gasteiger partial charge in [0, 0.05) is 12.6 Å². The highest BCUT2D eigenvalue weighted by atomic mass is 16.3. The molecule has 2 unspecified atom stereocenters. The van der Waals surface area contributed by atoms with Crippen molar-refractivity contribution in [3.05, 3.63) is 23.8 Å². The summed E-state index contributed by atoms with van der Waals surface area (Å²) in [5.41, 5.74) is 5.95. The third-order valence-corrected chi connectivity index (χ3v) is 4.12. The Labute approximate surface area is 118 Å². The second kappa shape index (κ2) is 6.61. The second-order valence-electron chi connectivity index (χ2n) is 5.45. The summed E-state index contributed by atoms with van der Waals surface area (Å²) in [7, 11) is 0. The van der Waals surface area contributed by atoms with Crippen LogP contribution in [0.2, 0.25) is 0 Å². The maximum atomic E-state index is 12.0. The van der Waals surface area contributed by atoms with Crippen molar-refractivity contribution >= 4 is 5.91 Å². The minimum Gasteiger partial charge on any atom is -0.508 e. The Bertz CT molecular complexity index is 476. The van der Waals surface area contributed by atoms with Crippen molar-refractivity contribution in [2.45, 2.75) is 25.7 Å². The zero-order valence-electron chi connectivity index (χ0n) is 11.5. The molecule has 0 aromatic heterocycles.